The Morgan fingerprint density at radius 3 is 3.04 bits per heavy atom. The number of nitrogens with zero attached hydrogens (tertiary/aromatic N) is 3. The van der Waals surface area contributed by atoms with Gasteiger partial charge in [0.05, 0.1) is 6.20 Å². The molecule has 1 aliphatic carbocycles. The van der Waals surface area contributed by atoms with Gasteiger partial charge in [0.15, 0.2) is 11.6 Å². The minimum Gasteiger partial charge on any atom is -0.488 e. The summed E-state index contributed by atoms with van der Waals surface area (Å²) in [4.78, 5) is 22.6. The number of rotatable bonds is 3. The van der Waals surface area contributed by atoms with Crippen LogP contribution in [0, 0.1) is 18.8 Å². The molecule has 120 valence electrons. The number of amides is 1. The first-order valence-corrected chi connectivity index (χ1v) is 7.99. The molecule has 6 nitrogen and oxygen atoms in total. The fourth-order valence-corrected chi connectivity index (χ4v) is 3.74. The maximum absolute atomic E-state index is 12.5. The van der Waals surface area contributed by atoms with Gasteiger partial charge in [-0.3, -0.25) is 9.78 Å². The molecule has 6 heteroatoms. The van der Waals surface area contributed by atoms with Gasteiger partial charge in [-0.2, -0.15) is 0 Å². The van der Waals surface area contributed by atoms with E-state index in [2.05, 4.69) is 9.97 Å². The number of likely N-dealkylation sites (tertiary alicyclic amines) is 1. The summed E-state index contributed by atoms with van der Waals surface area (Å²) in [6, 6.07) is 3.80. The zero-order chi connectivity index (χ0) is 15.8. The number of ether oxygens (including phenoxy) is 1. The average Bonchev–Trinajstić information content (AvgIpc) is 3.25. The Labute approximate surface area is 134 Å². The third-order valence-corrected chi connectivity index (χ3v) is 4.84. The van der Waals surface area contributed by atoms with Gasteiger partial charge >= 0.3 is 0 Å². The summed E-state index contributed by atoms with van der Waals surface area (Å²) in [5.41, 5.74) is 0.396. The lowest BCUT2D eigenvalue weighted by molar-refractivity contribution is 0.0756. The van der Waals surface area contributed by atoms with Crippen LogP contribution in [0.15, 0.2) is 35.2 Å². The second-order valence-corrected chi connectivity index (χ2v) is 6.31. The maximum atomic E-state index is 12.5. The fourth-order valence-electron chi connectivity index (χ4n) is 3.74. The third kappa shape index (κ3) is 2.69. The summed E-state index contributed by atoms with van der Waals surface area (Å²) in [6.07, 6.45) is 7.20. The van der Waals surface area contributed by atoms with Crippen LogP contribution in [0.1, 0.15) is 29.2 Å². The molecule has 3 atom stereocenters. The summed E-state index contributed by atoms with van der Waals surface area (Å²) < 4.78 is 11.2. The second-order valence-electron chi connectivity index (χ2n) is 6.31. The number of carbonyl (C=O) groups excluding carboxylic acids is 1. The molecule has 0 unspecified atom stereocenters. The highest BCUT2D eigenvalue weighted by molar-refractivity contribution is 5.92. The van der Waals surface area contributed by atoms with Gasteiger partial charge in [-0.05, 0) is 30.9 Å². The molecule has 0 radical (unpaired) electrons. The van der Waals surface area contributed by atoms with Crippen molar-refractivity contribution in [3.05, 3.63) is 42.4 Å². The van der Waals surface area contributed by atoms with Gasteiger partial charge in [-0.15, -0.1) is 0 Å². The number of pyridine rings is 1. The fraction of sp³-hybridized carbons (Fsp3) is 0.471. The monoisotopic (exact) mass is 313 g/mol. The first-order chi connectivity index (χ1) is 11.2. The first kappa shape index (κ1) is 14.2. The van der Waals surface area contributed by atoms with E-state index in [0.29, 0.717) is 23.4 Å². The molecule has 1 amide bonds. The van der Waals surface area contributed by atoms with Crippen molar-refractivity contribution in [3.8, 4) is 5.75 Å². The normalized spacial score (nSPS) is 26.3. The number of aryl methyl sites for hydroxylation is 1. The van der Waals surface area contributed by atoms with Crippen LogP contribution >= 0.6 is 0 Å². The van der Waals surface area contributed by atoms with Gasteiger partial charge in [0.25, 0.3) is 5.91 Å². The van der Waals surface area contributed by atoms with Gasteiger partial charge in [0.2, 0.25) is 0 Å². The van der Waals surface area contributed by atoms with E-state index in [-0.39, 0.29) is 12.0 Å². The van der Waals surface area contributed by atoms with Crippen LogP contribution in [0.4, 0.5) is 0 Å². The summed E-state index contributed by atoms with van der Waals surface area (Å²) >= 11 is 0. The molecule has 2 aromatic rings. The third-order valence-electron chi connectivity index (χ3n) is 4.84. The van der Waals surface area contributed by atoms with Gasteiger partial charge < -0.3 is 14.1 Å². The molecule has 3 heterocycles. The topological polar surface area (TPSA) is 68.5 Å². The van der Waals surface area contributed by atoms with E-state index in [0.717, 1.165) is 31.7 Å². The lowest BCUT2D eigenvalue weighted by Crippen LogP contribution is -2.32. The largest absolute Gasteiger partial charge is 0.488 e. The van der Waals surface area contributed by atoms with Crippen molar-refractivity contribution >= 4 is 5.91 Å². The van der Waals surface area contributed by atoms with Crippen molar-refractivity contribution < 1.29 is 13.9 Å². The Morgan fingerprint density at radius 1 is 1.39 bits per heavy atom. The van der Waals surface area contributed by atoms with Crippen LogP contribution in [0.25, 0.3) is 0 Å². The molecule has 0 bridgehead atoms. The standard InChI is InChI=1S/C17H19N3O3/c1-11-19-15(10-22-11)17(21)20-8-12-4-5-16(14(12)9-20)23-13-3-2-6-18-7-13/h2-3,6-7,10,12,14,16H,4-5,8-9H2,1H3/t12-,14+,16-/m1/s1. The number of aromatic nitrogens is 2. The SMILES string of the molecule is Cc1nc(C(=O)N2C[C@H]3CC[C@@H](Oc4cccnc4)[C@H]3C2)co1. The zero-order valence-electron chi connectivity index (χ0n) is 13.0. The van der Waals surface area contributed by atoms with E-state index < -0.39 is 0 Å². The maximum Gasteiger partial charge on any atom is 0.275 e. The molecule has 23 heavy (non-hydrogen) atoms. The van der Waals surface area contributed by atoms with Gasteiger partial charge in [-0.1, -0.05) is 0 Å². The minimum atomic E-state index is -0.0450. The number of fused-ring (bicyclic) bond motifs is 1. The molecular formula is C17H19N3O3. The van der Waals surface area contributed by atoms with Crippen molar-refractivity contribution in [2.24, 2.45) is 11.8 Å². The summed E-state index contributed by atoms with van der Waals surface area (Å²) in [7, 11) is 0. The second kappa shape index (κ2) is 5.68. The number of carbonyl (C=O) groups is 1. The van der Waals surface area contributed by atoms with Crippen LogP contribution in [0.2, 0.25) is 0 Å². The quantitative estimate of drug-likeness (QED) is 0.870. The van der Waals surface area contributed by atoms with Crippen molar-refractivity contribution in [1.82, 2.24) is 14.9 Å². The number of oxazole rings is 1. The highest BCUT2D eigenvalue weighted by Crippen LogP contribution is 2.40. The molecule has 1 aliphatic heterocycles. The van der Waals surface area contributed by atoms with Crippen molar-refractivity contribution in [2.45, 2.75) is 25.9 Å². The molecular weight excluding hydrogens is 294 g/mol. The van der Waals surface area contributed by atoms with E-state index in [1.165, 1.54) is 6.26 Å². The van der Waals surface area contributed by atoms with E-state index in [4.69, 9.17) is 9.15 Å². The van der Waals surface area contributed by atoms with Gasteiger partial charge in [0, 0.05) is 32.1 Å². The van der Waals surface area contributed by atoms with Crippen molar-refractivity contribution in [1.29, 1.82) is 0 Å². The van der Waals surface area contributed by atoms with Crippen molar-refractivity contribution in [2.75, 3.05) is 13.1 Å². The molecule has 2 aliphatic rings. The molecule has 0 N–H and O–H groups in total. The molecule has 0 spiro atoms. The molecule has 2 fully saturated rings. The lowest BCUT2D eigenvalue weighted by atomic mass is 9.99. The van der Waals surface area contributed by atoms with Gasteiger partial charge in [-0.25, -0.2) is 4.98 Å². The van der Waals surface area contributed by atoms with E-state index >= 15 is 0 Å². The Hall–Kier alpha value is -2.37. The van der Waals surface area contributed by atoms with E-state index in [1.807, 2.05) is 17.0 Å². The predicted molar refractivity (Wildman–Crippen MR) is 82.0 cm³/mol. The first-order valence-electron chi connectivity index (χ1n) is 7.99. The zero-order valence-corrected chi connectivity index (χ0v) is 13.0. The Balaban J connectivity index is 1.44. The van der Waals surface area contributed by atoms with Gasteiger partial charge in [0.1, 0.15) is 18.1 Å². The Morgan fingerprint density at radius 2 is 2.30 bits per heavy atom. The average molecular weight is 313 g/mol. The summed E-state index contributed by atoms with van der Waals surface area (Å²) in [5.74, 6) is 2.16. The summed E-state index contributed by atoms with van der Waals surface area (Å²) in [6.45, 7) is 3.25. The van der Waals surface area contributed by atoms with Crippen molar-refractivity contribution in [3.63, 3.8) is 0 Å². The van der Waals surface area contributed by atoms with E-state index in [1.54, 1.807) is 19.3 Å². The van der Waals surface area contributed by atoms with Crippen LogP contribution in [0.5, 0.6) is 5.75 Å². The van der Waals surface area contributed by atoms with E-state index in [9.17, 15) is 4.79 Å². The van der Waals surface area contributed by atoms with Crippen LogP contribution < -0.4 is 4.74 Å². The van der Waals surface area contributed by atoms with Crippen LogP contribution in [0.3, 0.4) is 0 Å². The lowest BCUT2D eigenvalue weighted by Gasteiger charge is -2.21. The Kier molecular flexibility index (Phi) is 3.52. The molecule has 2 aromatic heterocycles. The minimum absolute atomic E-state index is 0.0450. The molecule has 4 rings (SSSR count). The molecule has 1 saturated carbocycles. The van der Waals surface area contributed by atoms with Crippen LogP contribution in [-0.2, 0) is 0 Å². The summed E-state index contributed by atoms with van der Waals surface area (Å²) in [5, 5.41) is 0. The highest BCUT2D eigenvalue weighted by atomic mass is 16.5. The predicted octanol–water partition coefficient (Wildman–Crippen LogP) is 2.31. The Bertz CT molecular complexity index is 700. The smallest absolute Gasteiger partial charge is 0.275 e. The molecule has 0 aromatic carbocycles. The molecule has 1 saturated heterocycles. The number of hydrogen-bond acceptors (Lipinski definition) is 5. The highest BCUT2D eigenvalue weighted by Gasteiger charge is 2.45. The number of hydrogen-bond donors (Lipinski definition) is 0. The van der Waals surface area contributed by atoms with Crippen LogP contribution in [-0.4, -0.2) is 40.0 Å².